The van der Waals surface area contributed by atoms with Crippen molar-refractivity contribution in [3.05, 3.63) is 22.8 Å². The predicted molar refractivity (Wildman–Crippen MR) is 86.6 cm³/mol. The van der Waals surface area contributed by atoms with E-state index < -0.39 is 5.72 Å². The van der Waals surface area contributed by atoms with E-state index in [1.54, 1.807) is 0 Å². The van der Waals surface area contributed by atoms with Crippen molar-refractivity contribution in [2.75, 3.05) is 14.1 Å². The minimum Gasteiger partial charge on any atom is -0.370 e. The first-order valence-corrected chi connectivity index (χ1v) is 7.42. The fourth-order valence-corrected chi connectivity index (χ4v) is 3.35. The summed E-state index contributed by atoms with van der Waals surface area (Å²) in [4.78, 5) is 0. The highest BCUT2D eigenvalue weighted by Gasteiger charge is 2.44. The molecule has 20 heavy (non-hydrogen) atoms. The Hall–Kier alpha value is -0.640. The number of hydrogen-bond donors (Lipinski definition) is 3. The maximum Gasteiger partial charge on any atom is 0.154 e. The fraction of sp³-hybridized carbons (Fsp3) is 0.765. The Labute approximate surface area is 124 Å². The summed E-state index contributed by atoms with van der Waals surface area (Å²) < 4.78 is 0. The van der Waals surface area contributed by atoms with Gasteiger partial charge in [-0.15, -0.1) is 0 Å². The maximum absolute atomic E-state index is 11.0. The molecule has 0 heterocycles. The molecule has 0 spiro atoms. The van der Waals surface area contributed by atoms with Crippen molar-refractivity contribution in [1.29, 1.82) is 0 Å². The van der Waals surface area contributed by atoms with Gasteiger partial charge < -0.3 is 10.4 Å². The van der Waals surface area contributed by atoms with Crippen LogP contribution in [-0.2, 0) is 0 Å². The number of allylic oxidation sites excluding steroid dienone is 2. The quantitative estimate of drug-likeness (QED) is 0.682. The monoisotopic (exact) mass is 280 g/mol. The van der Waals surface area contributed by atoms with E-state index in [1.165, 1.54) is 16.7 Å². The third-order valence-corrected chi connectivity index (χ3v) is 4.21. The summed E-state index contributed by atoms with van der Waals surface area (Å²) in [5.41, 5.74) is 2.72. The summed E-state index contributed by atoms with van der Waals surface area (Å²) in [6, 6.07) is -0.126. The molecule has 116 valence electrons. The van der Waals surface area contributed by atoms with E-state index in [2.05, 4.69) is 59.1 Å². The number of nitrogens with one attached hydrogen (secondary N) is 2. The molecule has 0 fully saturated rings. The van der Waals surface area contributed by atoms with Crippen molar-refractivity contribution >= 4 is 0 Å². The summed E-state index contributed by atoms with van der Waals surface area (Å²) in [5.74, 6) is 0. The summed E-state index contributed by atoms with van der Waals surface area (Å²) in [6.07, 6.45) is 1.98. The molecule has 1 rings (SSSR count). The first-order chi connectivity index (χ1) is 8.88. The third kappa shape index (κ3) is 3.00. The lowest BCUT2D eigenvalue weighted by Crippen LogP contribution is -2.61. The van der Waals surface area contributed by atoms with Gasteiger partial charge in [-0.05, 0) is 54.6 Å². The van der Waals surface area contributed by atoms with Crippen LogP contribution in [0.5, 0.6) is 0 Å². The van der Waals surface area contributed by atoms with Gasteiger partial charge in [0, 0.05) is 0 Å². The Kier molecular flexibility index (Phi) is 4.60. The van der Waals surface area contributed by atoms with E-state index in [0.717, 1.165) is 0 Å². The van der Waals surface area contributed by atoms with E-state index in [4.69, 9.17) is 0 Å². The minimum absolute atomic E-state index is 0.00409. The van der Waals surface area contributed by atoms with Crippen molar-refractivity contribution in [1.82, 2.24) is 10.6 Å². The summed E-state index contributed by atoms with van der Waals surface area (Å²) in [7, 11) is 3.71. The lowest BCUT2D eigenvalue weighted by molar-refractivity contribution is 0.0267. The molecular formula is C17H32N2O. The van der Waals surface area contributed by atoms with Crippen molar-refractivity contribution in [3.8, 4) is 0 Å². The molecule has 0 aromatic heterocycles. The molecular weight excluding hydrogens is 248 g/mol. The van der Waals surface area contributed by atoms with Gasteiger partial charge in [-0.3, -0.25) is 5.32 Å². The summed E-state index contributed by atoms with van der Waals surface area (Å²) >= 11 is 0. The number of aliphatic hydroxyl groups is 1. The molecule has 0 saturated heterocycles. The second-order valence-electron chi connectivity index (χ2n) is 7.89. The molecule has 0 aliphatic heterocycles. The zero-order valence-corrected chi connectivity index (χ0v) is 14.6. The molecule has 1 aliphatic carbocycles. The summed E-state index contributed by atoms with van der Waals surface area (Å²) in [6.45, 7) is 15.4. The van der Waals surface area contributed by atoms with Crippen LogP contribution in [0.3, 0.4) is 0 Å². The van der Waals surface area contributed by atoms with Crippen LogP contribution in [0.1, 0.15) is 48.5 Å². The highest BCUT2D eigenvalue weighted by Crippen LogP contribution is 2.45. The van der Waals surface area contributed by atoms with E-state index in [0.29, 0.717) is 0 Å². The maximum atomic E-state index is 11.0. The smallest absolute Gasteiger partial charge is 0.154 e. The van der Waals surface area contributed by atoms with Crippen LogP contribution in [0.4, 0.5) is 0 Å². The highest BCUT2D eigenvalue weighted by atomic mass is 16.3. The third-order valence-electron chi connectivity index (χ3n) is 4.21. The first kappa shape index (κ1) is 17.4. The topological polar surface area (TPSA) is 44.3 Å². The van der Waals surface area contributed by atoms with Crippen LogP contribution in [0, 0.1) is 10.8 Å². The molecule has 2 unspecified atom stereocenters. The van der Waals surface area contributed by atoms with Gasteiger partial charge in [0.2, 0.25) is 0 Å². The Morgan fingerprint density at radius 2 is 1.55 bits per heavy atom. The van der Waals surface area contributed by atoms with Gasteiger partial charge in [-0.2, -0.15) is 0 Å². The Morgan fingerprint density at radius 1 is 1.05 bits per heavy atom. The Balaban J connectivity index is 3.61. The zero-order chi connectivity index (χ0) is 15.9. The number of likely N-dealkylation sites (N-methyl/N-ethyl adjacent to an activating group) is 2. The van der Waals surface area contributed by atoms with Crippen LogP contribution < -0.4 is 10.6 Å². The Morgan fingerprint density at radius 3 is 1.85 bits per heavy atom. The lowest BCUT2D eigenvalue weighted by atomic mass is 9.67. The molecule has 3 heteroatoms. The standard InChI is InChI=1S/C17H32N2O/c1-11-12(15(2,3)4)10-17(20,19-9)14(18-8)13(11)16(5,6)7/h10,14,18-20H,1-9H3. The van der Waals surface area contributed by atoms with E-state index in [1.807, 2.05) is 20.2 Å². The average molecular weight is 280 g/mol. The van der Waals surface area contributed by atoms with Crippen LogP contribution in [0.15, 0.2) is 22.8 Å². The van der Waals surface area contributed by atoms with Gasteiger partial charge in [0.25, 0.3) is 0 Å². The van der Waals surface area contributed by atoms with Crippen LogP contribution in [-0.4, -0.2) is 31.0 Å². The van der Waals surface area contributed by atoms with E-state index >= 15 is 0 Å². The second kappa shape index (κ2) is 5.28. The SMILES string of the molecule is CNC1C(C(C)(C)C)=C(C)C(C(C)(C)C)=CC1(O)NC. The zero-order valence-electron chi connectivity index (χ0n) is 14.6. The average Bonchev–Trinajstić information content (AvgIpc) is 2.28. The van der Waals surface area contributed by atoms with Crippen LogP contribution >= 0.6 is 0 Å². The van der Waals surface area contributed by atoms with Gasteiger partial charge in [0.15, 0.2) is 5.72 Å². The van der Waals surface area contributed by atoms with Gasteiger partial charge in [0.1, 0.15) is 0 Å². The fourth-order valence-electron chi connectivity index (χ4n) is 3.35. The first-order valence-electron chi connectivity index (χ1n) is 7.42. The van der Waals surface area contributed by atoms with E-state index in [-0.39, 0.29) is 16.9 Å². The van der Waals surface area contributed by atoms with Crippen LogP contribution in [0.2, 0.25) is 0 Å². The molecule has 1 aliphatic rings. The molecule has 0 radical (unpaired) electrons. The molecule has 0 aromatic carbocycles. The molecule has 2 atom stereocenters. The van der Waals surface area contributed by atoms with Crippen molar-refractivity contribution in [2.24, 2.45) is 10.8 Å². The van der Waals surface area contributed by atoms with Gasteiger partial charge in [0.05, 0.1) is 6.04 Å². The number of rotatable bonds is 2. The Bertz CT molecular complexity index is 435. The van der Waals surface area contributed by atoms with Gasteiger partial charge in [-0.25, -0.2) is 0 Å². The predicted octanol–water partition coefficient (Wildman–Crippen LogP) is 2.83. The van der Waals surface area contributed by atoms with Gasteiger partial charge in [-0.1, -0.05) is 41.5 Å². The van der Waals surface area contributed by atoms with Gasteiger partial charge >= 0.3 is 0 Å². The van der Waals surface area contributed by atoms with Crippen LogP contribution in [0.25, 0.3) is 0 Å². The van der Waals surface area contributed by atoms with Crippen molar-refractivity contribution < 1.29 is 5.11 Å². The molecule has 0 saturated carbocycles. The molecule has 3 N–H and O–H groups in total. The lowest BCUT2D eigenvalue weighted by Gasteiger charge is -2.46. The molecule has 3 nitrogen and oxygen atoms in total. The largest absolute Gasteiger partial charge is 0.370 e. The minimum atomic E-state index is -1.06. The van der Waals surface area contributed by atoms with Crippen molar-refractivity contribution in [3.63, 3.8) is 0 Å². The number of hydrogen-bond acceptors (Lipinski definition) is 3. The molecule has 0 amide bonds. The normalized spacial score (nSPS) is 28.7. The molecule has 0 bridgehead atoms. The second-order valence-corrected chi connectivity index (χ2v) is 7.89. The van der Waals surface area contributed by atoms with E-state index in [9.17, 15) is 5.11 Å². The van der Waals surface area contributed by atoms with Crippen molar-refractivity contribution in [2.45, 2.75) is 60.2 Å². The highest BCUT2D eigenvalue weighted by molar-refractivity contribution is 5.49. The molecule has 0 aromatic rings. The summed E-state index contributed by atoms with van der Waals surface area (Å²) in [5, 5.41) is 17.4.